The minimum absolute atomic E-state index is 0.0188. The summed E-state index contributed by atoms with van der Waals surface area (Å²) < 4.78 is 1.08. The molecule has 29 heavy (non-hydrogen) atoms. The maximum Gasteiger partial charge on any atom is 0.321 e. The highest BCUT2D eigenvalue weighted by Crippen LogP contribution is 2.28. The SMILES string of the molecule is CC(C)CNC(=O)NC(=O)CSc1nnc(SCC(=O)NC(=O)NCC(C)C)s1. The molecule has 0 aliphatic carbocycles. The van der Waals surface area contributed by atoms with Gasteiger partial charge in [0.25, 0.3) is 0 Å². The van der Waals surface area contributed by atoms with E-state index < -0.39 is 23.9 Å². The van der Waals surface area contributed by atoms with E-state index in [1.807, 2.05) is 27.7 Å². The molecule has 0 saturated heterocycles. The Morgan fingerprint density at radius 3 is 1.52 bits per heavy atom. The summed E-state index contributed by atoms with van der Waals surface area (Å²) in [5.41, 5.74) is 0. The van der Waals surface area contributed by atoms with Crippen molar-refractivity contribution in [2.45, 2.75) is 36.4 Å². The van der Waals surface area contributed by atoms with Gasteiger partial charge in [-0.15, -0.1) is 10.2 Å². The first-order valence-electron chi connectivity index (χ1n) is 8.90. The summed E-state index contributed by atoms with van der Waals surface area (Å²) in [7, 11) is 0. The van der Waals surface area contributed by atoms with Crippen LogP contribution in [-0.2, 0) is 9.59 Å². The average Bonchev–Trinajstić information content (AvgIpc) is 3.09. The molecule has 13 heteroatoms. The molecule has 1 aromatic rings. The Bertz CT molecular complexity index is 654. The van der Waals surface area contributed by atoms with E-state index in [0.29, 0.717) is 33.6 Å². The van der Waals surface area contributed by atoms with E-state index in [2.05, 4.69) is 31.5 Å². The van der Waals surface area contributed by atoms with Gasteiger partial charge >= 0.3 is 12.1 Å². The summed E-state index contributed by atoms with van der Waals surface area (Å²) in [5.74, 6) is -0.256. The van der Waals surface area contributed by atoms with Gasteiger partial charge in [-0.2, -0.15) is 0 Å². The summed E-state index contributed by atoms with van der Waals surface area (Å²) in [5, 5.41) is 17.5. The number of rotatable bonds is 10. The van der Waals surface area contributed by atoms with Crippen LogP contribution in [0.4, 0.5) is 9.59 Å². The van der Waals surface area contributed by atoms with Gasteiger partial charge in [0.15, 0.2) is 8.68 Å². The molecule has 1 heterocycles. The molecule has 0 fully saturated rings. The van der Waals surface area contributed by atoms with Crippen LogP contribution in [0.2, 0.25) is 0 Å². The smallest absolute Gasteiger partial charge is 0.321 e. The Kier molecular flexibility index (Phi) is 11.6. The third kappa shape index (κ3) is 12.3. The van der Waals surface area contributed by atoms with Crippen LogP contribution < -0.4 is 21.3 Å². The lowest BCUT2D eigenvalue weighted by atomic mass is 10.2. The molecule has 0 spiro atoms. The zero-order valence-electron chi connectivity index (χ0n) is 16.7. The largest absolute Gasteiger partial charge is 0.338 e. The number of amides is 6. The van der Waals surface area contributed by atoms with Crippen LogP contribution in [0.1, 0.15) is 27.7 Å². The molecular weight excluding hydrogens is 436 g/mol. The molecule has 6 amide bonds. The van der Waals surface area contributed by atoms with Crippen LogP contribution in [-0.4, -0.2) is 58.7 Å². The Labute approximate surface area is 182 Å². The van der Waals surface area contributed by atoms with Crippen molar-refractivity contribution in [3.8, 4) is 0 Å². The lowest BCUT2D eigenvalue weighted by molar-refractivity contribution is -0.118. The van der Waals surface area contributed by atoms with Gasteiger partial charge in [0.2, 0.25) is 11.8 Å². The van der Waals surface area contributed by atoms with Crippen molar-refractivity contribution in [3.63, 3.8) is 0 Å². The first-order valence-corrected chi connectivity index (χ1v) is 11.7. The highest BCUT2D eigenvalue weighted by atomic mass is 32.2. The molecule has 10 nitrogen and oxygen atoms in total. The quantitative estimate of drug-likeness (QED) is 0.385. The Balaban J connectivity index is 2.28. The average molecular weight is 463 g/mol. The number of hydrogen-bond acceptors (Lipinski definition) is 9. The molecule has 0 aromatic carbocycles. The van der Waals surface area contributed by atoms with Gasteiger partial charge < -0.3 is 10.6 Å². The van der Waals surface area contributed by atoms with Gasteiger partial charge in [-0.05, 0) is 11.8 Å². The number of carbonyl (C=O) groups is 4. The molecular formula is C16H26N6O4S3. The molecule has 0 aliphatic rings. The van der Waals surface area contributed by atoms with E-state index in [4.69, 9.17) is 0 Å². The molecule has 1 rings (SSSR count). The van der Waals surface area contributed by atoms with E-state index in [1.54, 1.807) is 0 Å². The third-order valence-corrected chi connectivity index (χ3v) is 6.08. The van der Waals surface area contributed by atoms with Crippen LogP contribution in [0.25, 0.3) is 0 Å². The number of carbonyl (C=O) groups excluding carboxylic acids is 4. The molecule has 0 atom stereocenters. The number of nitrogens with zero attached hydrogens (tertiary/aromatic N) is 2. The van der Waals surface area contributed by atoms with Crippen molar-refractivity contribution in [3.05, 3.63) is 0 Å². The maximum atomic E-state index is 11.8. The van der Waals surface area contributed by atoms with Gasteiger partial charge in [0.1, 0.15) is 0 Å². The normalized spacial score (nSPS) is 10.7. The second-order valence-corrected chi connectivity index (χ2v) is 10.1. The molecule has 162 valence electrons. The zero-order valence-corrected chi connectivity index (χ0v) is 19.2. The Hall–Kier alpha value is -1.86. The molecule has 4 N–H and O–H groups in total. The van der Waals surface area contributed by atoms with Crippen LogP contribution in [0.15, 0.2) is 8.68 Å². The number of aromatic nitrogens is 2. The molecule has 0 bridgehead atoms. The zero-order chi connectivity index (χ0) is 21.8. The van der Waals surface area contributed by atoms with Crippen molar-refractivity contribution in [2.24, 2.45) is 11.8 Å². The lowest BCUT2D eigenvalue weighted by Crippen LogP contribution is -2.41. The molecule has 0 unspecified atom stereocenters. The minimum Gasteiger partial charge on any atom is -0.338 e. The van der Waals surface area contributed by atoms with Crippen molar-refractivity contribution in [2.75, 3.05) is 24.6 Å². The van der Waals surface area contributed by atoms with Crippen molar-refractivity contribution in [1.29, 1.82) is 0 Å². The topological polar surface area (TPSA) is 142 Å². The van der Waals surface area contributed by atoms with E-state index in [9.17, 15) is 19.2 Å². The number of nitrogens with one attached hydrogen (secondary N) is 4. The van der Waals surface area contributed by atoms with Crippen molar-refractivity contribution in [1.82, 2.24) is 31.5 Å². The molecule has 0 saturated carbocycles. The van der Waals surface area contributed by atoms with Gasteiger partial charge in [-0.1, -0.05) is 62.6 Å². The first-order chi connectivity index (χ1) is 13.7. The summed E-state index contributed by atoms with van der Waals surface area (Å²) in [6.07, 6.45) is 0. The van der Waals surface area contributed by atoms with E-state index >= 15 is 0 Å². The van der Waals surface area contributed by atoms with Gasteiger partial charge in [-0.25, -0.2) is 9.59 Å². The Morgan fingerprint density at radius 1 is 0.793 bits per heavy atom. The van der Waals surface area contributed by atoms with E-state index in [1.165, 1.54) is 11.3 Å². The fraction of sp³-hybridized carbons (Fsp3) is 0.625. The van der Waals surface area contributed by atoms with Gasteiger partial charge in [-0.3, -0.25) is 20.2 Å². The van der Waals surface area contributed by atoms with E-state index in [-0.39, 0.29) is 11.5 Å². The van der Waals surface area contributed by atoms with Crippen LogP contribution in [0.3, 0.4) is 0 Å². The highest BCUT2D eigenvalue weighted by molar-refractivity contribution is 8.03. The number of urea groups is 2. The summed E-state index contributed by atoms with van der Waals surface area (Å²) >= 11 is 3.52. The lowest BCUT2D eigenvalue weighted by Gasteiger charge is -2.08. The fourth-order valence-electron chi connectivity index (χ4n) is 1.58. The summed E-state index contributed by atoms with van der Waals surface area (Å²) in [6.45, 7) is 8.78. The molecule has 0 radical (unpaired) electrons. The third-order valence-electron chi connectivity index (χ3n) is 2.89. The maximum absolute atomic E-state index is 11.8. The van der Waals surface area contributed by atoms with E-state index in [0.717, 1.165) is 23.5 Å². The monoisotopic (exact) mass is 462 g/mol. The van der Waals surface area contributed by atoms with Crippen LogP contribution in [0.5, 0.6) is 0 Å². The predicted molar refractivity (Wildman–Crippen MR) is 114 cm³/mol. The number of imide groups is 2. The highest BCUT2D eigenvalue weighted by Gasteiger charge is 2.13. The van der Waals surface area contributed by atoms with Gasteiger partial charge in [0, 0.05) is 13.1 Å². The van der Waals surface area contributed by atoms with Crippen LogP contribution in [0, 0.1) is 11.8 Å². The summed E-state index contributed by atoms with van der Waals surface area (Å²) in [4.78, 5) is 46.6. The molecule has 0 aliphatic heterocycles. The molecule has 1 aromatic heterocycles. The fourth-order valence-corrected chi connectivity index (χ4v) is 4.20. The standard InChI is InChI=1S/C16H26N6O4S3/c1-9(2)5-17-13(25)19-11(23)7-27-15-21-22-16(29-15)28-8-12(24)20-14(26)18-6-10(3)4/h9-10H,5-8H2,1-4H3,(H2,17,19,23,25)(H2,18,20,24,26). The summed E-state index contributed by atoms with van der Waals surface area (Å²) in [6, 6.07) is -1.05. The minimum atomic E-state index is -0.527. The van der Waals surface area contributed by atoms with Crippen LogP contribution >= 0.6 is 34.9 Å². The van der Waals surface area contributed by atoms with Crippen molar-refractivity contribution < 1.29 is 19.2 Å². The first kappa shape index (κ1) is 25.2. The second-order valence-electron chi connectivity index (χ2n) is 6.72. The Morgan fingerprint density at radius 2 is 1.17 bits per heavy atom. The van der Waals surface area contributed by atoms with Gasteiger partial charge in [0.05, 0.1) is 11.5 Å². The second kappa shape index (κ2) is 13.4. The predicted octanol–water partition coefficient (Wildman–Crippen LogP) is 1.69. The number of thioether (sulfide) groups is 2. The van der Waals surface area contributed by atoms with Crippen molar-refractivity contribution >= 4 is 58.7 Å². The number of hydrogen-bond donors (Lipinski definition) is 4.